The molecule has 1 aliphatic rings. The largest absolute Gasteiger partial charge is 0.336 e. The number of benzene rings is 3. The molecule has 156 valence electrons. The topological polar surface area (TPSA) is 90.4 Å². The van der Waals surface area contributed by atoms with E-state index in [0.29, 0.717) is 22.6 Å². The molecule has 3 aromatic carbocycles. The van der Waals surface area contributed by atoms with Gasteiger partial charge in [-0.25, -0.2) is 4.79 Å². The summed E-state index contributed by atoms with van der Waals surface area (Å²) in [4.78, 5) is 41.0. The fraction of sp³-hybridized carbons (Fsp3) is 0.182. The lowest BCUT2D eigenvalue weighted by Crippen LogP contribution is -2.42. The van der Waals surface area contributed by atoms with Gasteiger partial charge in [-0.3, -0.25) is 24.0 Å². The third kappa shape index (κ3) is 2.96. The van der Waals surface area contributed by atoms with Crippen molar-refractivity contribution in [2.75, 3.05) is 20.6 Å². The van der Waals surface area contributed by atoms with Crippen LogP contribution in [0.15, 0.2) is 67.9 Å². The fourth-order valence-electron chi connectivity index (χ4n) is 3.96. The van der Waals surface area contributed by atoms with Gasteiger partial charge in [0.2, 0.25) is 0 Å². The number of fused-ring (bicyclic) bond motifs is 4. The molecule has 0 saturated heterocycles. The van der Waals surface area contributed by atoms with E-state index in [0.717, 1.165) is 15.7 Å². The van der Waals surface area contributed by atoms with Gasteiger partial charge in [0, 0.05) is 35.0 Å². The Kier molecular flexibility index (Phi) is 4.45. The van der Waals surface area contributed by atoms with E-state index < -0.39 is 16.2 Å². The van der Waals surface area contributed by atoms with E-state index in [-0.39, 0.29) is 17.6 Å². The minimum atomic E-state index is -0.507. The first-order chi connectivity index (χ1) is 14.9. The van der Waals surface area contributed by atoms with Crippen LogP contribution >= 0.6 is 11.8 Å². The molecule has 9 heteroatoms. The van der Waals surface area contributed by atoms with E-state index in [4.69, 9.17) is 0 Å². The van der Waals surface area contributed by atoms with Crippen LogP contribution in [0.3, 0.4) is 0 Å². The Hall–Kier alpha value is -3.43. The molecule has 0 amide bonds. The van der Waals surface area contributed by atoms with Gasteiger partial charge in [-0.15, -0.1) is 0 Å². The van der Waals surface area contributed by atoms with Crippen molar-refractivity contribution in [1.29, 1.82) is 0 Å². The van der Waals surface area contributed by atoms with Crippen LogP contribution in [0, 0.1) is 10.1 Å². The molecule has 2 heterocycles. The van der Waals surface area contributed by atoms with Gasteiger partial charge in [0.25, 0.3) is 11.2 Å². The zero-order valence-electron chi connectivity index (χ0n) is 16.9. The highest BCUT2D eigenvalue weighted by Gasteiger charge is 2.27. The molecule has 5 rings (SSSR count). The summed E-state index contributed by atoms with van der Waals surface area (Å²) in [7, 11) is 3.71. The molecule has 0 bridgehead atoms. The average Bonchev–Trinajstić information content (AvgIpc) is 2.75. The van der Waals surface area contributed by atoms with Crippen LogP contribution in [0.4, 0.5) is 5.69 Å². The molecule has 1 aromatic heterocycles. The van der Waals surface area contributed by atoms with Crippen molar-refractivity contribution in [3.05, 3.63) is 79.5 Å². The molecule has 0 unspecified atom stereocenters. The Balaban J connectivity index is 1.94. The molecule has 0 aliphatic carbocycles. The number of hydrogen-bond acceptors (Lipinski definition) is 6. The van der Waals surface area contributed by atoms with Gasteiger partial charge in [-0.1, -0.05) is 42.1 Å². The summed E-state index contributed by atoms with van der Waals surface area (Å²) in [5.41, 5.74) is -0.00698. The molecule has 8 nitrogen and oxygen atoms in total. The maximum Gasteiger partial charge on any atom is 0.336 e. The van der Waals surface area contributed by atoms with Crippen molar-refractivity contribution in [3.8, 4) is 5.69 Å². The Morgan fingerprint density at radius 2 is 1.84 bits per heavy atom. The molecule has 0 N–H and O–H groups in total. The van der Waals surface area contributed by atoms with Crippen molar-refractivity contribution in [2.24, 2.45) is 0 Å². The number of non-ortho nitro benzene ring substituents is 1. The molecule has 0 atom stereocenters. The minimum absolute atomic E-state index is 0.167. The maximum absolute atomic E-state index is 13.5. The van der Waals surface area contributed by atoms with Gasteiger partial charge in [0.05, 0.1) is 21.5 Å². The Bertz CT molecular complexity index is 1520. The van der Waals surface area contributed by atoms with Crippen molar-refractivity contribution >= 4 is 39.1 Å². The van der Waals surface area contributed by atoms with E-state index in [1.807, 2.05) is 55.4 Å². The number of nitrogens with zero attached hydrogens (tertiary/aromatic N) is 4. The molecule has 1 aliphatic heterocycles. The quantitative estimate of drug-likeness (QED) is 0.319. The van der Waals surface area contributed by atoms with Crippen LogP contribution in [0.2, 0.25) is 0 Å². The smallest absolute Gasteiger partial charge is 0.308 e. The molecule has 0 fully saturated rings. The number of nitro benzene ring substituents is 1. The van der Waals surface area contributed by atoms with Crippen molar-refractivity contribution < 1.29 is 4.92 Å². The Labute approximate surface area is 180 Å². The average molecular weight is 434 g/mol. The highest BCUT2D eigenvalue weighted by atomic mass is 32.2. The summed E-state index contributed by atoms with van der Waals surface area (Å²) >= 11 is 1.36. The van der Waals surface area contributed by atoms with E-state index in [9.17, 15) is 19.7 Å². The Morgan fingerprint density at radius 1 is 1.06 bits per heavy atom. The molecule has 0 spiro atoms. The van der Waals surface area contributed by atoms with Crippen molar-refractivity contribution in [3.63, 3.8) is 0 Å². The lowest BCUT2D eigenvalue weighted by Gasteiger charge is -2.24. The number of rotatable bonds is 4. The van der Waals surface area contributed by atoms with E-state index >= 15 is 0 Å². The van der Waals surface area contributed by atoms with Crippen LogP contribution in [0.25, 0.3) is 27.4 Å². The zero-order chi connectivity index (χ0) is 21.9. The number of hydrogen-bond donors (Lipinski definition) is 0. The summed E-state index contributed by atoms with van der Waals surface area (Å²) < 4.78 is 2.70. The monoisotopic (exact) mass is 434 g/mol. The first-order valence-electron chi connectivity index (χ1n) is 9.69. The van der Waals surface area contributed by atoms with Gasteiger partial charge in [-0.05, 0) is 30.9 Å². The molecule has 4 aromatic rings. The van der Waals surface area contributed by atoms with E-state index in [1.165, 1.54) is 33.0 Å². The number of likely N-dealkylation sites (N-methyl/N-ethyl adjacent to an activating group) is 1. The van der Waals surface area contributed by atoms with Crippen LogP contribution in [0.5, 0.6) is 0 Å². The van der Waals surface area contributed by atoms with Crippen LogP contribution in [-0.4, -0.2) is 39.6 Å². The fourth-order valence-corrected chi connectivity index (χ4v) is 5.22. The first kappa shape index (κ1) is 19.5. The summed E-state index contributed by atoms with van der Waals surface area (Å²) in [6, 6.07) is 14.3. The van der Waals surface area contributed by atoms with Gasteiger partial charge in [-0.2, -0.15) is 0 Å². The maximum atomic E-state index is 13.5. The van der Waals surface area contributed by atoms with Crippen molar-refractivity contribution in [2.45, 2.75) is 16.3 Å². The van der Waals surface area contributed by atoms with E-state index in [1.54, 1.807) is 0 Å². The SMILES string of the molecule is CN(C)CCn1c(=O)c2cc([N+](=O)[O-])cc3c2n(c1=O)-c1ccc2ccccc2c1S3. The van der Waals surface area contributed by atoms with Crippen LogP contribution in [0.1, 0.15) is 0 Å². The van der Waals surface area contributed by atoms with Crippen molar-refractivity contribution in [1.82, 2.24) is 14.0 Å². The second kappa shape index (κ2) is 7.07. The minimum Gasteiger partial charge on any atom is -0.308 e. The predicted molar refractivity (Wildman–Crippen MR) is 121 cm³/mol. The van der Waals surface area contributed by atoms with Gasteiger partial charge < -0.3 is 4.90 Å². The summed E-state index contributed by atoms with van der Waals surface area (Å²) in [5, 5.41) is 13.7. The first-order valence-corrected chi connectivity index (χ1v) is 10.5. The molecule has 0 saturated carbocycles. The summed E-state index contributed by atoms with van der Waals surface area (Å²) in [5.74, 6) is 0. The van der Waals surface area contributed by atoms with E-state index in [2.05, 4.69) is 0 Å². The number of aromatic nitrogens is 2. The standard InChI is InChI=1S/C22H18N4O4S/c1-23(2)9-10-24-21(27)16-11-14(26(29)30)12-18-19(16)25(22(24)28)17-8-7-13-5-3-4-6-15(13)20(17)31-18/h3-8,11-12H,9-10H2,1-2H3. The lowest BCUT2D eigenvalue weighted by molar-refractivity contribution is -0.384. The van der Waals surface area contributed by atoms with Gasteiger partial charge in [0.15, 0.2) is 0 Å². The zero-order valence-corrected chi connectivity index (χ0v) is 17.7. The second-order valence-corrected chi connectivity index (χ2v) is 8.76. The van der Waals surface area contributed by atoms with Crippen LogP contribution < -0.4 is 11.2 Å². The number of nitro groups is 1. The summed E-state index contributed by atoms with van der Waals surface area (Å²) in [6.07, 6.45) is 0. The second-order valence-electron chi connectivity index (χ2n) is 7.71. The third-order valence-electron chi connectivity index (χ3n) is 5.47. The Morgan fingerprint density at radius 3 is 2.58 bits per heavy atom. The highest BCUT2D eigenvalue weighted by molar-refractivity contribution is 8.00. The highest BCUT2D eigenvalue weighted by Crippen LogP contribution is 2.45. The molecular formula is C22H18N4O4S. The molecular weight excluding hydrogens is 416 g/mol. The molecule has 31 heavy (non-hydrogen) atoms. The third-order valence-corrected chi connectivity index (χ3v) is 6.64. The molecule has 0 radical (unpaired) electrons. The predicted octanol–water partition coefficient (Wildman–Crippen LogP) is 3.24. The summed E-state index contributed by atoms with van der Waals surface area (Å²) in [6.45, 7) is 0.677. The van der Waals surface area contributed by atoms with Gasteiger partial charge >= 0.3 is 5.69 Å². The van der Waals surface area contributed by atoms with Crippen LogP contribution in [-0.2, 0) is 6.54 Å². The lowest BCUT2D eigenvalue weighted by atomic mass is 10.1. The van der Waals surface area contributed by atoms with Gasteiger partial charge in [0.1, 0.15) is 0 Å². The normalized spacial score (nSPS) is 12.5.